The Labute approximate surface area is 256 Å². The molecule has 1 aliphatic carbocycles. The standard InChI is InChI=1S/C31H28BrClN4O3S/c1-39-26-17-21(16-22(32)29(26)40-15-14-19-8-3-2-4-9-19)28-27-24(12-7-13-25(27)38)34-30-35-31(36-37(28)30)41-18-20-10-5-6-11-23(20)33/h2-6,8-11,16-17,28H,7,12-15,18H2,1H3,(H,34,35,36). The Hall–Kier alpha value is -3.27. The van der Waals surface area contributed by atoms with Gasteiger partial charge in [-0.15, -0.1) is 5.10 Å². The van der Waals surface area contributed by atoms with Crippen molar-refractivity contribution in [2.75, 3.05) is 19.0 Å². The van der Waals surface area contributed by atoms with Crippen LogP contribution in [0.1, 0.15) is 42.0 Å². The number of ether oxygens (including phenoxy) is 2. The monoisotopic (exact) mass is 650 g/mol. The number of anilines is 1. The first-order valence-electron chi connectivity index (χ1n) is 13.4. The zero-order valence-electron chi connectivity index (χ0n) is 22.4. The first-order chi connectivity index (χ1) is 20.0. The molecule has 6 rings (SSSR count). The number of nitrogens with one attached hydrogen (secondary N) is 1. The molecule has 0 fully saturated rings. The van der Waals surface area contributed by atoms with Gasteiger partial charge in [0.2, 0.25) is 11.1 Å². The van der Waals surface area contributed by atoms with Gasteiger partial charge < -0.3 is 14.8 Å². The number of nitrogens with zero attached hydrogens (tertiary/aromatic N) is 3. The number of Topliss-reactive ketones (excluding diaryl/α,β-unsaturated/α-hetero) is 1. The average molecular weight is 652 g/mol. The Kier molecular flexibility index (Phi) is 8.37. The fourth-order valence-corrected chi connectivity index (χ4v) is 6.91. The molecule has 0 bridgehead atoms. The number of fused-ring (bicyclic) bond motifs is 1. The van der Waals surface area contributed by atoms with E-state index >= 15 is 0 Å². The zero-order chi connectivity index (χ0) is 28.3. The van der Waals surface area contributed by atoms with Gasteiger partial charge in [-0.3, -0.25) is 4.79 Å². The van der Waals surface area contributed by atoms with Gasteiger partial charge in [-0.1, -0.05) is 71.9 Å². The summed E-state index contributed by atoms with van der Waals surface area (Å²) in [6, 6.07) is 21.5. The third kappa shape index (κ3) is 5.89. The SMILES string of the molecule is COc1cc(C2C3=C(CCCC3=O)Nc3nc(SCc4ccccc4Cl)nn32)cc(Br)c1OCCc1ccccc1. The van der Waals surface area contributed by atoms with E-state index in [9.17, 15) is 4.79 Å². The quantitative estimate of drug-likeness (QED) is 0.186. The van der Waals surface area contributed by atoms with Crippen molar-refractivity contribution in [1.29, 1.82) is 0 Å². The highest BCUT2D eigenvalue weighted by molar-refractivity contribution is 9.10. The van der Waals surface area contributed by atoms with Crippen LogP contribution in [0.15, 0.2) is 87.6 Å². The molecular formula is C31H28BrClN4O3S. The summed E-state index contributed by atoms with van der Waals surface area (Å²) in [5, 5.41) is 9.58. The number of halogens is 2. The molecule has 0 saturated carbocycles. The van der Waals surface area contributed by atoms with Gasteiger partial charge in [-0.2, -0.15) is 4.98 Å². The Bertz CT molecular complexity index is 1630. The molecular weight excluding hydrogens is 624 g/mol. The minimum atomic E-state index is -0.445. The number of thioether (sulfide) groups is 1. The lowest BCUT2D eigenvalue weighted by Gasteiger charge is -2.32. The molecule has 0 amide bonds. The number of aromatic nitrogens is 3. The van der Waals surface area contributed by atoms with Crippen molar-refractivity contribution in [3.63, 3.8) is 0 Å². The van der Waals surface area contributed by atoms with Crippen LogP contribution in [0.5, 0.6) is 11.5 Å². The predicted molar refractivity (Wildman–Crippen MR) is 165 cm³/mol. The first-order valence-corrected chi connectivity index (χ1v) is 15.6. The van der Waals surface area contributed by atoms with Crippen molar-refractivity contribution in [1.82, 2.24) is 14.8 Å². The topological polar surface area (TPSA) is 78.3 Å². The highest BCUT2D eigenvalue weighted by Gasteiger charge is 2.37. The van der Waals surface area contributed by atoms with E-state index < -0.39 is 6.04 Å². The summed E-state index contributed by atoms with van der Waals surface area (Å²) in [4.78, 5) is 18.1. The normalized spacial score (nSPS) is 16.2. The van der Waals surface area contributed by atoms with E-state index in [-0.39, 0.29) is 5.78 Å². The lowest BCUT2D eigenvalue weighted by atomic mass is 9.85. The molecule has 0 saturated heterocycles. The van der Waals surface area contributed by atoms with Gasteiger partial charge >= 0.3 is 0 Å². The van der Waals surface area contributed by atoms with Crippen LogP contribution in [-0.2, 0) is 17.0 Å². The first kappa shape index (κ1) is 27.9. The third-order valence-electron chi connectivity index (χ3n) is 7.21. The number of hydrogen-bond donors (Lipinski definition) is 1. The van der Waals surface area contributed by atoms with E-state index in [1.807, 2.05) is 59.3 Å². The van der Waals surface area contributed by atoms with Crippen molar-refractivity contribution in [2.24, 2.45) is 0 Å². The maximum Gasteiger partial charge on any atom is 0.227 e. The Balaban J connectivity index is 1.32. The number of rotatable bonds is 9. The second-order valence-corrected chi connectivity index (χ2v) is 12.1. The van der Waals surface area contributed by atoms with Gasteiger partial charge in [0, 0.05) is 34.9 Å². The zero-order valence-corrected chi connectivity index (χ0v) is 25.6. The molecule has 1 N–H and O–H groups in total. The molecule has 1 unspecified atom stereocenters. The van der Waals surface area contributed by atoms with E-state index in [2.05, 4.69) is 33.4 Å². The highest BCUT2D eigenvalue weighted by atomic mass is 79.9. The summed E-state index contributed by atoms with van der Waals surface area (Å²) in [6.07, 6.45) is 2.87. The highest BCUT2D eigenvalue weighted by Crippen LogP contribution is 2.45. The summed E-state index contributed by atoms with van der Waals surface area (Å²) in [5.41, 5.74) is 4.71. The van der Waals surface area contributed by atoms with E-state index in [4.69, 9.17) is 31.2 Å². The number of allylic oxidation sites excluding steroid dienone is 2. The largest absolute Gasteiger partial charge is 0.493 e. The van der Waals surface area contributed by atoms with Crippen molar-refractivity contribution in [2.45, 2.75) is 42.6 Å². The molecule has 4 aromatic rings. The van der Waals surface area contributed by atoms with Crippen LogP contribution in [0.25, 0.3) is 0 Å². The maximum absolute atomic E-state index is 13.3. The van der Waals surface area contributed by atoms with Crippen molar-refractivity contribution in [3.8, 4) is 11.5 Å². The fraction of sp³-hybridized carbons (Fsp3) is 0.258. The van der Waals surface area contributed by atoms with E-state index in [1.165, 1.54) is 17.3 Å². The molecule has 1 atom stereocenters. The lowest BCUT2D eigenvalue weighted by molar-refractivity contribution is -0.116. The fourth-order valence-electron chi connectivity index (χ4n) is 5.22. The van der Waals surface area contributed by atoms with Gasteiger partial charge in [0.25, 0.3) is 0 Å². The maximum atomic E-state index is 13.3. The van der Waals surface area contributed by atoms with E-state index in [1.54, 1.807) is 7.11 Å². The number of ketones is 1. The van der Waals surface area contributed by atoms with Crippen molar-refractivity contribution < 1.29 is 14.3 Å². The average Bonchev–Trinajstić information content (AvgIpc) is 3.39. The lowest BCUT2D eigenvalue weighted by Crippen LogP contribution is -2.31. The van der Waals surface area contributed by atoms with Crippen LogP contribution in [-0.4, -0.2) is 34.3 Å². The van der Waals surface area contributed by atoms with Gasteiger partial charge in [-0.05, 0) is 63.7 Å². The van der Waals surface area contributed by atoms with Crippen molar-refractivity contribution in [3.05, 3.63) is 104 Å². The molecule has 210 valence electrons. The van der Waals surface area contributed by atoms with Gasteiger partial charge in [0.15, 0.2) is 17.3 Å². The molecule has 2 heterocycles. The predicted octanol–water partition coefficient (Wildman–Crippen LogP) is 7.64. The van der Waals surface area contributed by atoms with Crippen LogP contribution < -0.4 is 14.8 Å². The van der Waals surface area contributed by atoms with Crippen LogP contribution in [0, 0.1) is 0 Å². The van der Waals surface area contributed by atoms with Gasteiger partial charge in [0.05, 0.1) is 18.2 Å². The summed E-state index contributed by atoms with van der Waals surface area (Å²) < 4.78 is 14.5. The summed E-state index contributed by atoms with van der Waals surface area (Å²) in [7, 11) is 1.62. The molecule has 1 aliphatic heterocycles. The van der Waals surface area contributed by atoms with E-state index in [0.29, 0.717) is 46.4 Å². The molecule has 7 nitrogen and oxygen atoms in total. The summed E-state index contributed by atoms with van der Waals surface area (Å²) in [5.74, 6) is 2.58. The Morgan fingerprint density at radius 3 is 2.73 bits per heavy atom. The van der Waals surface area contributed by atoms with Crippen LogP contribution >= 0.6 is 39.3 Å². The second kappa shape index (κ2) is 12.3. The van der Waals surface area contributed by atoms with Crippen LogP contribution in [0.2, 0.25) is 5.02 Å². The summed E-state index contributed by atoms with van der Waals surface area (Å²) in [6.45, 7) is 0.499. The minimum Gasteiger partial charge on any atom is -0.493 e. The van der Waals surface area contributed by atoms with Gasteiger partial charge in [0.1, 0.15) is 6.04 Å². The molecule has 3 aromatic carbocycles. The number of hydrogen-bond acceptors (Lipinski definition) is 7. The number of methoxy groups -OCH3 is 1. The molecule has 41 heavy (non-hydrogen) atoms. The minimum absolute atomic E-state index is 0.119. The van der Waals surface area contributed by atoms with Crippen LogP contribution in [0.3, 0.4) is 0 Å². The molecule has 0 spiro atoms. The molecule has 0 radical (unpaired) electrons. The molecule has 1 aromatic heterocycles. The number of carbonyl (C=O) groups is 1. The smallest absolute Gasteiger partial charge is 0.227 e. The van der Waals surface area contributed by atoms with E-state index in [0.717, 1.165) is 46.1 Å². The Morgan fingerprint density at radius 1 is 1.12 bits per heavy atom. The van der Waals surface area contributed by atoms with Crippen molar-refractivity contribution >= 4 is 51.0 Å². The van der Waals surface area contributed by atoms with Crippen LogP contribution in [0.4, 0.5) is 5.95 Å². The number of carbonyl (C=O) groups excluding carboxylic acids is 1. The molecule has 10 heteroatoms. The second-order valence-electron chi connectivity index (χ2n) is 9.86. The third-order valence-corrected chi connectivity index (χ3v) is 9.05. The van der Waals surface area contributed by atoms with Gasteiger partial charge in [-0.25, -0.2) is 4.68 Å². The molecule has 2 aliphatic rings. The Morgan fingerprint density at radius 2 is 1.93 bits per heavy atom. The number of benzene rings is 3. The summed E-state index contributed by atoms with van der Waals surface area (Å²) >= 11 is 11.6.